The molecule has 0 bridgehead atoms. The zero-order chi connectivity index (χ0) is 13.3. The van der Waals surface area contributed by atoms with Crippen molar-refractivity contribution in [2.24, 2.45) is 5.73 Å². The molecule has 1 aromatic carbocycles. The van der Waals surface area contributed by atoms with Crippen molar-refractivity contribution >= 4 is 27.3 Å². The Kier molecular flexibility index (Phi) is 4.14. The first-order valence-corrected chi connectivity index (χ1v) is 7.03. The SMILES string of the molecule is Cc1cc(C(N)Cc2ccc(F)cc2F)sc1Br. The molecule has 0 saturated carbocycles. The number of aryl methyl sites for hydroxylation is 1. The number of rotatable bonds is 3. The van der Waals surface area contributed by atoms with Gasteiger partial charge in [0.15, 0.2) is 0 Å². The summed E-state index contributed by atoms with van der Waals surface area (Å²) in [5.41, 5.74) is 7.60. The van der Waals surface area contributed by atoms with Gasteiger partial charge in [-0.2, -0.15) is 0 Å². The fourth-order valence-electron chi connectivity index (χ4n) is 1.69. The third-order valence-corrected chi connectivity index (χ3v) is 4.97. The number of hydrogen-bond acceptors (Lipinski definition) is 2. The predicted octanol–water partition coefficient (Wildman–Crippen LogP) is 4.34. The second kappa shape index (κ2) is 5.47. The molecule has 1 nitrogen and oxygen atoms in total. The first-order chi connectivity index (χ1) is 8.47. The zero-order valence-corrected chi connectivity index (χ0v) is 12.1. The summed E-state index contributed by atoms with van der Waals surface area (Å²) in [7, 11) is 0. The Labute approximate surface area is 117 Å². The van der Waals surface area contributed by atoms with Gasteiger partial charge in [-0.05, 0) is 52.5 Å². The van der Waals surface area contributed by atoms with Crippen LogP contribution in [0.2, 0.25) is 0 Å². The number of halogens is 3. The third kappa shape index (κ3) is 2.96. The van der Waals surface area contributed by atoms with Crippen molar-refractivity contribution in [3.05, 3.63) is 55.7 Å². The Hall–Kier alpha value is -0.780. The molecule has 0 aliphatic heterocycles. The van der Waals surface area contributed by atoms with Crippen LogP contribution >= 0.6 is 27.3 Å². The van der Waals surface area contributed by atoms with Crippen LogP contribution in [0.25, 0.3) is 0 Å². The van der Waals surface area contributed by atoms with Crippen LogP contribution in [-0.4, -0.2) is 0 Å². The van der Waals surface area contributed by atoms with Crippen molar-refractivity contribution in [1.82, 2.24) is 0 Å². The molecule has 1 atom stereocenters. The fourth-order valence-corrected chi connectivity index (χ4v) is 3.26. The summed E-state index contributed by atoms with van der Waals surface area (Å²) >= 11 is 4.98. The van der Waals surface area contributed by atoms with Gasteiger partial charge in [-0.15, -0.1) is 11.3 Å². The van der Waals surface area contributed by atoms with Crippen LogP contribution < -0.4 is 5.73 Å². The van der Waals surface area contributed by atoms with Crippen LogP contribution in [0, 0.1) is 18.6 Å². The minimum Gasteiger partial charge on any atom is -0.323 e. The number of benzene rings is 1. The van der Waals surface area contributed by atoms with Crippen LogP contribution in [0.5, 0.6) is 0 Å². The minimum absolute atomic E-state index is 0.278. The average molecular weight is 332 g/mol. The van der Waals surface area contributed by atoms with E-state index in [4.69, 9.17) is 5.73 Å². The lowest BCUT2D eigenvalue weighted by Crippen LogP contribution is -2.12. The Balaban J connectivity index is 2.18. The topological polar surface area (TPSA) is 26.0 Å². The normalized spacial score (nSPS) is 12.7. The number of nitrogens with two attached hydrogens (primary N) is 1. The molecular weight excluding hydrogens is 320 g/mol. The highest BCUT2D eigenvalue weighted by molar-refractivity contribution is 9.11. The summed E-state index contributed by atoms with van der Waals surface area (Å²) < 4.78 is 27.3. The summed E-state index contributed by atoms with van der Waals surface area (Å²) in [5.74, 6) is -1.11. The van der Waals surface area contributed by atoms with Gasteiger partial charge in [0.2, 0.25) is 0 Å². The van der Waals surface area contributed by atoms with E-state index in [0.717, 1.165) is 20.3 Å². The second-order valence-corrected chi connectivity index (χ2v) is 6.55. The largest absolute Gasteiger partial charge is 0.323 e. The molecule has 18 heavy (non-hydrogen) atoms. The molecule has 2 rings (SSSR count). The summed E-state index contributed by atoms with van der Waals surface area (Å²) in [4.78, 5) is 0.989. The van der Waals surface area contributed by atoms with E-state index in [1.165, 1.54) is 12.1 Å². The fraction of sp³-hybridized carbons (Fsp3) is 0.231. The maximum atomic E-state index is 13.5. The Bertz CT molecular complexity index is 549. The van der Waals surface area contributed by atoms with Gasteiger partial charge in [0, 0.05) is 17.0 Å². The standard InChI is InChI=1S/C13H12BrF2NS/c1-7-4-12(18-13(7)14)11(17)5-8-2-3-9(15)6-10(8)16/h2-4,6,11H,5,17H2,1H3. The molecule has 2 N–H and O–H groups in total. The van der Waals surface area contributed by atoms with Gasteiger partial charge in [0.05, 0.1) is 3.79 Å². The first-order valence-electron chi connectivity index (χ1n) is 5.42. The highest BCUT2D eigenvalue weighted by Crippen LogP contribution is 2.32. The van der Waals surface area contributed by atoms with E-state index in [0.29, 0.717) is 12.0 Å². The lowest BCUT2D eigenvalue weighted by molar-refractivity contribution is 0.564. The molecule has 1 heterocycles. The van der Waals surface area contributed by atoms with Gasteiger partial charge < -0.3 is 5.73 Å². The first kappa shape index (κ1) is 13.6. The molecule has 0 spiro atoms. The van der Waals surface area contributed by atoms with E-state index >= 15 is 0 Å². The molecule has 5 heteroatoms. The van der Waals surface area contributed by atoms with Crippen LogP contribution in [0.4, 0.5) is 8.78 Å². The Morgan fingerprint density at radius 2 is 2.06 bits per heavy atom. The van der Waals surface area contributed by atoms with Crippen LogP contribution in [-0.2, 0) is 6.42 Å². The van der Waals surface area contributed by atoms with Crippen molar-refractivity contribution in [1.29, 1.82) is 0 Å². The van der Waals surface area contributed by atoms with E-state index in [2.05, 4.69) is 15.9 Å². The smallest absolute Gasteiger partial charge is 0.129 e. The van der Waals surface area contributed by atoms with Crippen molar-refractivity contribution in [2.45, 2.75) is 19.4 Å². The van der Waals surface area contributed by atoms with Gasteiger partial charge in [-0.3, -0.25) is 0 Å². The van der Waals surface area contributed by atoms with Gasteiger partial charge in [0.1, 0.15) is 11.6 Å². The molecule has 1 aromatic heterocycles. The average Bonchev–Trinajstić information content (AvgIpc) is 2.63. The molecule has 1 unspecified atom stereocenters. The maximum absolute atomic E-state index is 13.5. The van der Waals surface area contributed by atoms with Crippen LogP contribution in [0.1, 0.15) is 22.0 Å². The Morgan fingerprint density at radius 1 is 1.33 bits per heavy atom. The van der Waals surface area contributed by atoms with Crippen LogP contribution in [0.15, 0.2) is 28.1 Å². The molecule has 2 aromatic rings. The molecule has 0 saturated heterocycles. The zero-order valence-electron chi connectivity index (χ0n) is 9.71. The van der Waals surface area contributed by atoms with Crippen molar-refractivity contribution in [3.63, 3.8) is 0 Å². The van der Waals surface area contributed by atoms with E-state index in [1.807, 2.05) is 13.0 Å². The highest BCUT2D eigenvalue weighted by atomic mass is 79.9. The monoisotopic (exact) mass is 331 g/mol. The molecule has 0 fully saturated rings. The van der Waals surface area contributed by atoms with E-state index in [9.17, 15) is 8.78 Å². The van der Waals surface area contributed by atoms with Gasteiger partial charge in [-0.25, -0.2) is 8.78 Å². The summed E-state index contributed by atoms with van der Waals surface area (Å²) in [6.07, 6.45) is 0.360. The second-order valence-electron chi connectivity index (χ2n) is 4.15. The minimum atomic E-state index is -0.570. The predicted molar refractivity (Wildman–Crippen MR) is 73.7 cm³/mol. The van der Waals surface area contributed by atoms with Crippen LogP contribution in [0.3, 0.4) is 0 Å². The summed E-state index contributed by atoms with van der Waals surface area (Å²) in [5, 5.41) is 0. The molecule has 0 aliphatic rings. The highest BCUT2D eigenvalue weighted by Gasteiger charge is 2.14. The van der Waals surface area contributed by atoms with E-state index in [-0.39, 0.29) is 6.04 Å². The molecular formula is C13H12BrF2NS. The molecule has 96 valence electrons. The lowest BCUT2D eigenvalue weighted by atomic mass is 10.0. The van der Waals surface area contributed by atoms with Gasteiger partial charge in [-0.1, -0.05) is 6.07 Å². The van der Waals surface area contributed by atoms with E-state index in [1.54, 1.807) is 11.3 Å². The quantitative estimate of drug-likeness (QED) is 0.889. The summed E-state index contributed by atoms with van der Waals surface area (Å²) in [6, 6.07) is 5.29. The third-order valence-electron chi connectivity index (χ3n) is 2.70. The molecule has 0 aliphatic carbocycles. The van der Waals surface area contributed by atoms with E-state index < -0.39 is 11.6 Å². The number of thiophene rings is 1. The van der Waals surface area contributed by atoms with Gasteiger partial charge in [0.25, 0.3) is 0 Å². The van der Waals surface area contributed by atoms with Gasteiger partial charge >= 0.3 is 0 Å². The van der Waals surface area contributed by atoms with Crippen molar-refractivity contribution < 1.29 is 8.78 Å². The molecule has 0 amide bonds. The lowest BCUT2D eigenvalue weighted by Gasteiger charge is -2.10. The van der Waals surface area contributed by atoms with Crippen molar-refractivity contribution in [3.8, 4) is 0 Å². The Morgan fingerprint density at radius 3 is 2.61 bits per heavy atom. The molecule has 0 radical (unpaired) electrons. The number of hydrogen-bond donors (Lipinski definition) is 1. The summed E-state index contributed by atoms with van der Waals surface area (Å²) in [6.45, 7) is 1.98. The maximum Gasteiger partial charge on any atom is 0.129 e. The van der Waals surface area contributed by atoms with Crippen molar-refractivity contribution in [2.75, 3.05) is 0 Å².